The minimum Gasteiger partial charge on any atom is -0.469 e. The third kappa shape index (κ3) is 2.36. The molecule has 1 aliphatic carbocycles. The fourth-order valence-corrected chi connectivity index (χ4v) is 2.77. The summed E-state index contributed by atoms with van der Waals surface area (Å²) < 4.78 is 5.43. The van der Waals surface area contributed by atoms with Crippen LogP contribution in [0, 0.1) is 10.1 Å². The van der Waals surface area contributed by atoms with Crippen LogP contribution in [0.15, 0.2) is 34.9 Å². The van der Waals surface area contributed by atoms with E-state index in [2.05, 4.69) is 5.32 Å². The second kappa shape index (κ2) is 5.17. The molecule has 1 aliphatic rings. The Morgan fingerprint density at radius 3 is 3.05 bits per heavy atom. The van der Waals surface area contributed by atoms with Gasteiger partial charge in [0.05, 0.1) is 17.2 Å². The highest BCUT2D eigenvalue weighted by Gasteiger charge is 2.25. The van der Waals surface area contributed by atoms with Crippen LogP contribution >= 0.6 is 11.6 Å². The van der Waals surface area contributed by atoms with Crippen LogP contribution in [0.5, 0.6) is 0 Å². The molecule has 0 fully saturated rings. The molecule has 20 heavy (non-hydrogen) atoms. The Labute approximate surface area is 120 Å². The molecule has 3 rings (SSSR count). The largest absolute Gasteiger partial charge is 0.469 e. The van der Waals surface area contributed by atoms with Crippen LogP contribution in [0.1, 0.15) is 30.2 Å². The minimum absolute atomic E-state index is 0.00637. The molecule has 1 heterocycles. The van der Waals surface area contributed by atoms with Crippen molar-refractivity contribution in [1.82, 2.24) is 0 Å². The maximum Gasteiger partial charge on any atom is 0.293 e. The van der Waals surface area contributed by atoms with E-state index >= 15 is 0 Å². The highest BCUT2D eigenvalue weighted by atomic mass is 35.5. The first-order valence-electron chi connectivity index (χ1n) is 6.42. The normalized spacial score (nSPS) is 17.6. The van der Waals surface area contributed by atoms with Gasteiger partial charge < -0.3 is 9.73 Å². The van der Waals surface area contributed by atoms with Crippen LogP contribution in [0.4, 0.5) is 11.4 Å². The zero-order valence-electron chi connectivity index (χ0n) is 10.6. The summed E-state index contributed by atoms with van der Waals surface area (Å²) in [5.41, 5.74) is 1.56. The Bertz CT molecular complexity index is 654. The molecule has 1 unspecified atom stereocenters. The lowest BCUT2D eigenvalue weighted by Gasteiger charge is -2.23. The maximum atomic E-state index is 11.1. The average molecular weight is 293 g/mol. The molecular formula is C14H13ClN2O3. The molecule has 1 aromatic heterocycles. The molecule has 6 heteroatoms. The molecule has 0 amide bonds. The molecular weight excluding hydrogens is 280 g/mol. The maximum absolute atomic E-state index is 11.1. The van der Waals surface area contributed by atoms with Crippen molar-refractivity contribution < 1.29 is 9.34 Å². The number of nitro groups is 1. The summed E-state index contributed by atoms with van der Waals surface area (Å²) >= 11 is 5.82. The van der Waals surface area contributed by atoms with Gasteiger partial charge in [0.1, 0.15) is 11.4 Å². The smallest absolute Gasteiger partial charge is 0.293 e. The lowest BCUT2D eigenvalue weighted by Crippen LogP contribution is -2.16. The summed E-state index contributed by atoms with van der Waals surface area (Å²) in [6, 6.07) is 6.62. The number of rotatable bonds is 3. The predicted molar refractivity (Wildman–Crippen MR) is 76.1 cm³/mol. The number of nitro benzene ring substituents is 1. The van der Waals surface area contributed by atoms with Crippen molar-refractivity contribution in [2.75, 3.05) is 5.32 Å². The van der Waals surface area contributed by atoms with E-state index in [1.54, 1.807) is 18.4 Å². The standard InChI is InChI=1S/C14H13ClN2O3/c15-9-4-5-12(13(8-9)17(18)19)16-11-2-1-3-14-10(11)6-7-20-14/h4-8,11,16H,1-3H2. The van der Waals surface area contributed by atoms with Crippen molar-refractivity contribution >= 4 is 23.0 Å². The monoisotopic (exact) mass is 292 g/mol. The third-order valence-electron chi connectivity index (χ3n) is 3.54. The molecule has 0 saturated heterocycles. The second-order valence-electron chi connectivity index (χ2n) is 4.81. The van der Waals surface area contributed by atoms with Gasteiger partial charge in [-0.15, -0.1) is 0 Å². The van der Waals surface area contributed by atoms with Crippen LogP contribution in [0.3, 0.4) is 0 Å². The van der Waals surface area contributed by atoms with Crippen molar-refractivity contribution in [2.24, 2.45) is 0 Å². The second-order valence-corrected chi connectivity index (χ2v) is 5.24. The molecule has 1 atom stereocenters. The Hall–Kier alpha value is -2.01. The van der Waals surface area contributed by atoms with Crippen molar-refractivity contribution in [3.63, 3.8) is 0 Å². The summed E-state index contributed by atoms with van der Waals surface area (Å²) in [5, 5.41) is 14.7. The first kappa shape index (κ1) is 13.0. The summed E-state index contributed by atoms with van der Waals surface area (Å²) in [4.78, 5) is 10.7. The number of nitrogens with one attached hydrogen (secondary N) is 1. The highest BCUT2D eigenvalue weighted by molar-refractivity contribution is 6.30. The molecule has 5 nitrogen and oxygen atoms in total. The van der Waals surface area contributed by atoms with E-state index in [0.717, 1.165) is 30.6 Å². The molecule has 1 aromatic carbocycles. The molecule has 0 bridgehead atoms. The Kier molecular flexibility index (Phi) is 3.36. The average Bonchev–Trinajstić information content (AvgIpc) is 2.90. The van der Waals surface area contributed by atoms with E-state index in [1.165, 1.54) is 6.07 Å². The summed E-state index contributed by atoms with van der Waals surface area (Å²) in [6.07, 6.45) is 4.51. The van der Waals surface area contributed by atoms with Crippen LogP contribution in [0.25, 0.3) is 0 Å². The van der Waals surface area contributed by atoms with E-state index in [4.69, 9.17) is 16.0 Å². The SMILES string of the molecule is O=[N+]([O-])c1cc(Cl)ccc1NC1CCCc2occc21. The number of nitrogens with zero attached hydrogens (tertiary/aromatic N) is 1. The van der Waals surface area contributed by atoms with Crippen LogP contribution in [-0.2, 0) is 6.42 Å². The topological polar surface area (TPSA) is 68.3 Å². The van der Waals surface area contributed by atoms with Crippen molar-refractivity contribution in [2.45, 2.75) is 25.3 Å². The number of hydrogen-bond donors (Lipinski definition) is 1. The number of fused-ring (bicyclic) bond motifs is 1. The molecule has 1 N–H and O–H groups in total. The first-order valence-corrected chi connectivity index (χ1v) is 6.79. The van der Waals surface area contributed by atoms with Crippen molar-refractivity contribution in [3.05, 3.63) is 57.0 Å². The van der Waals surface area contributed by atoms with Gasteiger partial charge in [0, 0.05) is 23.1 Å². The number of benzene rings is 1. The fraction of sp³-hybridized carbons (Fsp3) is 0.286. The van der Waals surface area contributed by atoms with Crippen LogP contribution in [0.2, 0.25) is 5.02 Å². The number of anilines is 1. The van der Waals surface area contributed by atoms with E-state index < -0.39 is 4.92 Å². The third-order valence-corrected chi connectivity index (χ3v) is 3.77. The number of halogens is 1. The van der Waals surface area contributed by atoms with Gasteiger partial charge in [0.25, 0.3) is 5.69 Å². The van der Waals surface area contributed by atoms with Gasteiger partial charge in [-0.1, -0.05) is 11.6 Å². The van der Waals surface area contributed by atoms with E-state index in [0.29, 0.717) is 10.7 Å². The van der Waals surface area contributed by atoms with Gasteiger partial charge >= 0.3 is 0 Å². The van der Waals surface area contributed by atoms with Crippen molar-refractivity contribution in [1.29, 1.82) is 0 Å². The van der Waals surface area contributed by atoms with Gasteiger partial charge in [-0.2, -0.15) is 0 Å². The molecule has 104 valence electrons. The highest BCUT2D eigenvalue weighted by Crippen LogP contribution is 2.36. The molecule has 0 radical (unpaired) electrons. The molecule has 0 spiro atoms. The summed E-state index contributed by atoms with van der Waals surface area (Å²) in [7, 11) is 0. The van der Waals surface area contributed by atoms with Gasteiger partial charge in [0.15, 0.2) is 0 Å². The van der Waals surface area contributed by atoms with Crippen LogP contribution < -0.4 is 5.32 Å². The summed E-state index contributed by atoms with van der Waals surface area (Å²) in [5.74, 6) is 0.963. The lowest BCUT2D eigenvalue weighted by molar-refractivity contribution is -0.384. The number of hydrogen-bond acceptors (Lipinski definition) is 4. The lowest BCUT2D eigenvalue weighted by atomic mass is 9.93. The number of aryl methyl sites for hydroxylation is 1. The van der Waals surface area contributed by atoms with E-state index in [1.807, 2.05) is 6.07 Å². The minimum atomic E-state index is -0.423. The van der Waals surface area contributed by atoms with Gasteiger partial charge in [-0.05, 0) is 31.0 Å². The van der Waals surface area contributed by atoms with Crippen molar-refractivity contribution in [3.8, 4) is 0 Å². The quantitative estimate of drug-likeness (QED) is 0.675. The van der Waals surface area contributed by atoms with Gasteiger partial charge in [-0.25, -0.2) is 0 Å². The van der Waals surface area contributed by atoms with E-state index in [-0.39, 0.29) is 11.7 Å². The Morgan fingerprint density at radius 2 is 2.25 bits per heavy atom. The first-order chi connectivity index (χ1) is 9.65. The number of furan rings is 1. The van der Waals surface area contributed by atoms with Gasteiger partial charge in [0.2, 0.25) is 0 Å². The molecule has 0 aliphatic heterocycles. The zero-order chi connectivity index (χ0) is 14.1. The Balaban J connectivity index is 1.92. The summed E-state index contributed by atoms with van der Waals surface area (Å²) in [6.45, 7) is 0. The Morgan fingerprint density at radius 1 is 1.40 bits per heavy atom. The van der Waals surface area contributed by atoms with Gasteiger partial charge in [-0.3, -0.25) is 10.1 Å². The zero-order valence-corrected chi connectivity index (χ0v) is 11.4. The fourth-order valence-electron chi connectivity index (χ4n) is 2.60. The molecule has 0 saturated carbocycles. The van der Waals surface area contributed by atoms with Crippen LogP contribution in [-0.4, -0.2) is 4.92 Å². The molecule has 2 aromatic rings. The van der Waals surface area contributed by atoms with E-state index in [9.17, 15) is 10.1 Å². The predicted octanol–water partition coefficient (Wildman–Crippen LogP) is 4.33.